The van der Waals surface area contributed by atoms with E-state index in [0.29, 0.717) is 34.2 Å². The average Bonchev–Trinajstić information content (AvgIpc) is 2.95. The van der Waals surface area contributed by atoms with Crippen molar-refractivity contribution in [2.45, 2.75) is 62.7 Å². The van der Waals surface area contributed by atoms with Crippen LogP contribution in [0.3, 0.4) is 0 Å². The second kappa shape index (κ2) is 12.0. The van der Waals surface area contributed by atoms with Crippen LogP contribution in [0, 0.1) is 29.6 Å². The first kappa shape index (κ1) is 29.6. The van der Waals surface area contributed by atoms with Gasteiger partial charge in [-0.1, -0.05) is 31.2 Å². The zero-order chi connectivity index (χ0) is 29.9. The molecule has 4 rings (SSSR count). The zero-order valence-electron chi connectivity index (χ0n) is 23.1. The minimum atomic E-state index is -4.43. The predicted octanol–water partition coefficient (Wildman–Crippen LogP) is 5.21. The molecule has 0 aliphatic heterocycles. The molecule has 0 unspecified atom stereocenters. The van der Waals surface area contributed by atoms with Gasteiger partial charge in [-0.15, -0.1) is 0 Å². The molecule has 2 heterocycles. The summed E-state index contributed by atoms with van der Waals surface area (Å²) in [5.41, 5.74) is 1.90. The molecule has 41 heavy (non-hydrogen) atoms. The number of nitrogens with zero attached hydrogens (tertiary/aromatic N) is 4. The highest BCUT2D eigenvalue weighted by atomic mass is 32.2. The van der Waals surface area contributed by atoms with Gasteiger partial charge in [0.1, 0.15) is 12.4 Å². The van der Waals surface area contributed by atoms with Crippen LogP contribution in [0.25, 0.3) is 11.1 Å². The Kier molecular flexibility index (Phi) is 8.66. The van der Waals surface area contributed by atoms with Crippen molar-refractivity contribution in [3.05, 3.63) is 94.7 Å². The van der Waals surface area contributed by atoms with Crippen LogP contribution in [0.5, 0.6) is 5.88 Å². The monoisotopic (exact) mass is 575 g/mol. The molecule has 1 atom stereocenters. The SMILES string of the molecule is CC[C@@H](c1cccc(C#N)c1)n1c(COC(C)C)nc(=N)c(S(=O)(=O)c2ccc(-c3ccnc(F)c3C)cc2)c1O. The summed E-state index contributed by atoms with van der Waals surface area (Å²) in [5.74, 6) is -1.11. The van der Waals surface area contributed by atoms with Crippen LogP contribution < -0.4 is 5.49 Å². The van der Waals surface area contributed by atoms with E-state index >= 15 is 0 Å². The Morgan fingerprint density at radius 1 is 1.17 bits per heavy atom. The van der Waals surface area contributed by atoms with E-state index in [9.17, 15) is 23.2 Å². The lowest BCUT2D eigenvalue weighted by molar-refractivity contribution is 0.0570. The van der Waals surface area contributed by atoms with Crippen LogP contribution in [0.4, 0.5) is 4.39 Å². The molecule has 0 bridgehead atoms. The normalized spacial score (nSPS) is 12.3. The molecule has 0 radical (unpaired) electrons. The maximum Gasteiger partial charge on any atom is 0.216 e. The van der Waals surface area contributed by atoms with Gasteiger partial charge in [0.15, 0.2) is 10.4 Å². The number of rotatable bonds is 9. The highest BCUT2D eigenvalue weighted by Crippen LogP contribution is 2.34. The Balaban J connectivity index is 1.88. The lowest BCUT2D eigenvalue weighted by Crippen LogP contribution is -2.28. The standard InChI is InChI=1S/C30H30FN5O4S/c1-5-25(22-8-6-7-20(15-22)16-32)36-26(17-40-18(2)3)35-29(33)27(30(36)37)41(38,39)23-11-9-21(10-12-23)24-13-14-34-28(31)19(24)4/h6-15,18,25,33,37H,5,17H2,1-4H3/t25-/m0/s1. The van der Waals surface area contributed by atoms with E-state index in [1.165, 1.54) is 35.0 Å². The summed E-state index contributed by atoms with van der Waals surface area (Å²) in [4.78, 5) is 7.08. The van der Waals surface area contributed by atoms with E-state index in [0.717, 1.165) is 0 Å². The number of hydrogen-bond acceptors (Lipinski definition) is 8. The third kappa shape index (κ3) is 5.89. The second-order valence-electron chi connectivity index (χ2n) is 9.72. The van der Waals surface area contributed by atoms with E-state index in [4.69, 9.17) is 10.1 Å². The van der Waals surface area contributed by atoms with Crippen LogP contribution in [0.15, 0.2) is 70.6 Å². The summed E-state index contributed by atoms with van der Waals surface area (Å²) in [6.07, 6.45) is 1.55. The molecule has 0 spiro atoms. The quantitative estimate of drug-likeness (QED) is 0.261. The van der Waals surface area contributed by atoms with Gasteiger partial charge >= 0.3 is 0 Å². The number of sulfone groups is 1. The van der Waals surface area contributed by atoms with Crippen molar-refractivity contribution in [3.63, 3.8) is 0 Å². The van der Waals surface area contributed by atoms with E-state index in [-0.39, 0.29) is 23.4 Å². The first-order chi connectivity index (χ1) is 19.5. The van der Waals surface area contributed by atoms with E-state index in [1.807, 2.05) is 20.8 Å². The van der Waals surface area contributed by atoms with Gasteiger partial charge in [0.2, 0.25) is 21.7 Å². The molecule has 2 aromatic carbocycles. The number of hydrogen-bond donors (Lipinski definition) is 2. The number of pyridine rings is 1. The van der Waals surface area contributed by atoms with Crippen molar-refractivity contribution in [1.82, 2.24) is 14.5 Å². The van der Waals surface area contributed by atoms with E-state index in [2.05, 4.69) is 16.0 Å². The average molecular weight is 576 g/mol. The van der Waals surface area contributed by atoms with Crippen molar-refractivity contribution in [2.75, 3.05) is 0 Å². The number of halogens is 1. The maximum atomic E-state index is 14.0. The number of benzene rings is 2. The Morgan fingerprint density at radius 3 is 2.51 bits per heavy atom. The molecule has 11 heteroatoms. The summed E-state index contributed by atoms with van der Waals surface area (Å²) < 4.78 is 48.8. The Labute approximate surface area is 238 Å². The number of aromatic hydroxyl groups is 1. The lowest BCUT2D eigenvalue weighted by atomic mass is 10.0. The van der Waals surface area contributed by atoms with E-state index < -0.39 is 38.1 Å². The number of aromatic nitrogens is 3. The van der Waals surface area contributed by atoms with Gasteiger partial charge < -0.3 is 9.84 Å². The molecule has 2 aromatic heterocycles. The maximum absolute atomic E-state index is 14.0. The van der Waals surface area contributed by atoms with Gasteiger partial charge in [0, 0.05) is 11.8 Å². The highest BCUT2D eigenvalue weighted by Gasteiger charge is 2.31. The first-order valence-electron chi connectivity index (χ1n) is 13.0. The largest absolute Gasteiger partial charge is 0.493 e. The van der Waals surface area contributed by atoms with Gasteiger partial charge in [0.25, 0.3) is 0 Å². The summed E-state index contributed by atoms with van der Waals surface area (Å²) >= 11 is 0. The molecule has 9 nitrogen and oxygen atoms in total. The topological polar surface area (TPSA) is 142 Å². The zero-order valence-corrected chi connectivity index (χ0v) is 23.9. The molecule has 212 valence electrons. The van der Waals surface area contributed by atoms with Gasteiger partial charge in [-0.25, -0.2) is 18.4 Å². The summed E-state index contributed by atoms with van der Waals surface area (Å²) in [5, 5.41) is 29.5. The number of nitrogens with one attached hydrogen (secondary N) is 1. The first-order valence-corrected chi connectivity index (χ1v) is 14.4. The molecule has 0 aliphatic carbocycles. The Hall–Kier alpha value is -4.40. The Morgan fingerprint density at radius 2 is 1.88 bits per heavy atom. The molecule has 4 aromatic rings. The fourth-order valence-electron chi connectivity index (χ4n) is 4.63. The predicted molar refractivity (Wildman–Crippen MR) is 149 cm³/mol. The summed E-state index contributed by atoms with van der Waals surface area (Å²) in [6.45, 7) is 7.00. The van der Waals surface area contributed by atoms with Crippen LogP contribution in [-0.2, 0) is 21.2 Å². The fourth-order valence-corrected chi connectivity index (χ4v) is 6.00. The van der Waals surface area contributed by atoms with Gasteiger partial charge in [-0.05, 0) is 74.2 Å². The van der Waals surface area contributed by atoms with Crippen molar-refractivity contribution in [3.8, 4) is 23.1 Å². The van der Waals surface area contributed by atoms with Gasteiger partial charge in [-0.3, -0.25) is 9.98 Å². The molecular weight excluding hydrogens is 545 g/mol. The highest BCUT2D eigenvalue weighted by molar-refractivity contribution is 7.91. The summed E-state index contributed by atoms with van der Waals surface area (Å²) in [6, 6.07) is 15.7. The molecule has 0 saturated carbocycles. The van der Waals surface area contributed by atoms with Gasteiger partial charge in [-0.2, -0.15) is 9.65 Å². The molecule has 0 fully saturated rings. The van der Waals surface area contributed by atoms with Crippen LogP contribution in [-0.4, -0.2) is 34.2 Å². The number of nitriles is 1. The second-order valence-corrected chi connectivity index (χ2v) is 11.6. The molecule has 2 N–H and O–H groups in total. The molecule has 0 saturated heterocycles. The fraction of sp³-hybridized carbons (Fsp3) is 0.267. The minimum Gasteiger partial charge on any atom is -0.493 e. The van der Waals surface area contributed by atoms with Crippen LogP contribution in [0.2, 0.25) is 0 Å². The van der Waals surface area contributed by atoms with Crippen LogP contribution >= 0.6 is 0 Å². The molecular formula is C30H30FN5O4S. The molecule has 0 aliphatic rings. The van der Waals surface area contributed by atoms with Crippen LogP contribution in [0.1, 0.15) is 55.7 Å². The number of ether oxygens (including phenoxy) is 1. The third-order valence-corrected chi connectivity index (χ3v) is 8.50. The van der Waals surface area contributed by atoms with Crippen molar-refractivity contribution in [1.29, 1.82) is 10.7 Å². The van der Waals surface area contributed by atoms with Crippen molar-refractivity contribution < 1.29 is 22.7 Å². The van der Waals surface area contributed by atoms with Gasteiger partial charge in [0.05, 0.1) is 28.7 Å². The smallest absolute Gasteiger partial charge is 0.216 e. The summed E-state index contributed by atoms with van der Waals surface area (Å²) in [7, 11) is -4.43. The van der Waals surface area contributed by atoms with Crippen molar-refractivity contribution in [2.24, 2.45) is 0 Å². The van der Waals surface area contributed by atoms with E-state index in [1.54, 1.807) is 37.3 Å². The third-order valence-electron chi connectivity index (χ3n) is 6.70. The molecule has 0 amide bonds. The minimum absolute atomic E-state index is 0.0809. The van der Waals surface area contributed by atoms with Crippen molar-refractivity contribution >= 4 is 9.84 Å². The Bertz CT molecular complexity index is 1800. The lowest BCUT2D eigenvalue weighted by Gasteiger charge is -2.26.